The van der Waals surface area contributed by atoms with Crippen LogP contribution in [-0.2, 0) is 11.4 Å². The summed E-state index contributed by atoms with van der Waals surface area (Å²) in [6, 6.07) is 0.587. The van der Waals surface area contributed by atoms with E-state index in [1.54, 1.807) is 12.5 Å². The van der Waals surface area contributed by atoms with Gasteiger partial charge < -0.3 is 9.87 Å². The van der Waals surface area contributed by atoms with Crippen LogP contribution in [0, 0.1) is 0 Å². The highest BCUT2D eigenvalue weighted by Gasteiger charge is 2.29. The second-order valence-corrected chi connectivity index (χ2v) is 9.50. The van der Waals surface area contributed by atoms with E-state index < -0.39 is 11.4 Å². The summed E-state index contributed by atoms with van der Waals surface area (Å²) in [5.74, 6) is 0.425. The Balaban J connectivity index is 1.35. The smallest absolute Gasteiger partial charge is 0.229 e. The molecule has 9 nitrogen and oxygen atoms in total. The maximum Gasteiger partial charge on any atom is 0.229 e. The quantitative estimate of drug-likeness (QED) is 0.589. The van der Waals surface area contributed by atoms with Crippen LogP contribution in [0.2, 0.25) is 10.3 Å². The molecule has 29 heavy (non-hydrogen) atoms. The summed E-state index contributed by atoms with van der Waals surface area (Å²) in [7, 11) is 0. The third-order valence-corrected chi connectivity index (χ3v) is 7.04. The average molecular weight is 455 g/mol. The third kappa shape index (κ3) is 3.79. The van der Waals surface area contributed by atoms with Gasteiger partial charge in [0.2, 0.25) is 5.95 Å². The van der Waals surface area contributed by atoms with Gasteiger partial charge in [-0.2, -0.15) is 15.2 Å². The Bertz CT molecular complexity index is 1040. The van der Waals surface area contributed by atoms with Crippen LogP contribution in [0.5, 0.6) is 0 Å². The van der Waals surface area contributed by atoms with Crippen molar-refractivity contribution in [3.8, 4) is 0 Å². The summed E-state index contributed by atoms with van der Waals surface area (Å²) >= 11 is 11.6. The Kier molecular flexibility index (Phi) is 5.07. The lowest BCUT2D eigenvalue weighted by Crippen LogP contribution is -2.38. The number of hydrogen-bond acceptors (Lipinski definition) is 7. The van der Waals surface area contributed by atoms with Gasteiger partial charge in [-0.15, -0.1) is 4.31 Å². The molecule has 0 amide bonds. The fourth-order valence-corrected chi connectivity index (χ4v) is 4.77. The van der Waals surface area contributed by atoms with Gasteiger partial charge in [-0.3, -0.25) is 4.68 Å². The van der Waals surface area contributed by atoms with Crippen molar-refractivity contribution >= 4 is 57.2 Å². The molecule has 0 radical (unpaired) electrons. The second-order valence-electron chi connectivity index (χ2n) is 7.42. The Morgan fingerprint density at radius 2 is 1.86 bits per heavy atom. The number of anilines is 2. The Hall–Kier alpha value is -1.59. The predicted octanol–water partition coefficient (Wildman–Crippen LogP) is 3.34. The van der Waals surface area contributed by atoms with E-state index in [1.165, 1.54) is 0 Å². The van der Waals surface area contributed by atoms with Gasteiger partial charge >= 0.3 is 0 Å². The molecule has 4 heterocycles. The Morgan fingerprint density at radius 1 is 1.10 bits per heavy atom. The van der Waals surface area contributed by atoms with Gasteiger partial charge in [0.25, 0.3) is 0 Å². The number of halogens is 2. The van der Waals surface area contributed by atoms with E-state index in [-0.39, 0.29) is 6.04 Å². The number of fused-ring (bicyclic) bond motifs is 1. The fraction of sp³-hybridized carbons (Fsp3) is 0.529. The lowest BCUT2D eigenvalue weighted by molar-refractivity contribution is 0.262. The molecule has 12 heteroatoms. The van der Waals surface area contributed by atoms with Crippen LogP contribution in [0.4, 0.5) is 11.6 Å². The van der Waals surface area contributed by atoms with Gasteiger partial charge in [-0.1, -0.05) is 23.2 Å². The molecule has 1 aliphatic heterocycles. The number of nitrogens with zero attached hydrogens (tertiary/aromatic N) is 7. The van der Waals surface area contributed by atoms with Gasteiger partial charge in [-0.05, 0) is 25.7 Å². The van der Waals surface area contributed by atoms with Crippen molar-refractivity contribution < 1.29 is 4.55 Å². The maximum atomic E-state index is 11.6. The van der Waals surface area contributed by atoms with Gasteiger partial charge in [0.15, 0.2) is 16.0 Å². The highest BCUT2D eigenvalue weighted by atomic mass is 35.5. The molecule has 0 spiro atoms. The lowest BCUT2D eigenvalue weighted by atomic mass is 10.1. The summed E-state index contributed by atoms with van der Waals surface area (Å²) in [6.07, 6.45) is 9.19. The van der Waals surface area contributed by atoms with Crippen LogP contribution in [0.1, 0.15) is 37.8 Å². The number of nitrogens with one attached hydrogen (secondary N) is 1. The summed E-state index contributed by atoms with van der Waals surface area (Å²) in [5, 5.41) is 13.5. The SMILES string of the molecule is C[S+]([O-])N1CCC(n2cc(Nc3ncc4c(Cl)nn(C5CC5)c4n3)c(Cl)n2)CC1. The molecule has 0 aromatic carbocycles. The zero-order valence-corrected chi connectivity index (χ0v) is 18.1. The Labute approximate surface area is 180 Å². The molecule has 3 aromatic heterocycles. The molecule has 1 atom stereocenters. The number of piperidine rings is 1. The van der Waals surface area contributed by atoms with Crippen LogP contribution in [0.3, 0.4) is 0 Å². The van der Waals surface area contributed by atoms with Gasteiger partial charge in [0, 0.05) is 30.6 Å². The standard InChI is InChI=1S/C17H20Cl2N8OS/c1-29(28)25-6-4-10(5-7-25)26-9-13(15(19)23-26)21-17-20-8-12-14(18)24-27(11-2-3-11)16(12)22-17/h8-11H,2-7H2,1H3,(H,20,21,22). The zero-order valence-electron chi connectivity index (χ0n) is 15.8. The number of hydrogen-bond donors (Lipinski definition) is 1. The summed E-state index contributed by atoms with van der Waals surface area (Å²) < 4.78 is 17.3. The van der Waals surface area contributed by atoms with Crippen molar-refractivity contribution in [2.45, 2.75) is 37.8 Å². The zero-order chi connectivity index (χ0) is 20.1. The van der Waals surface area contributed by atoms with Crippen LogP contribution < -0.4 is 5.32 Å². The predicted molar refractivity (Wildman–Crippen MR) is 113 cm³/mol. The van der Waals surface area contributed by atoms with Crippen molar-refractivity contribution in [3.63, 3.8) is 0 Å². The average Bonchev–Trinajstić information content (AvgIpc) is 3.42. The minimum absolute atomic E-state index is 0.223. The lowest BCUT2D eigenvalue weighted by Gasteiger charge is -2.30. The van der Waals surface area contributed by atoms with E-state index in [0.717, 1.165) is 49.8 Å². The monoisotopic (exact) mass is 454 g/mol. The van der Waals surface area contributed by atoms with E-state index in [4.69, 9.17) is 23.2 Å². The van der Waals surface area contributed by atoms with Crippen LogP contribution in [0.25, 0.3) is 11.0 Å². The van der Waals surface area contributed by atoms with Gasteiger partial charge in [0.05, 0.1) is 29.4 Å². The maximum absolute atomic E-state index is 11.6. The van der Waals surface area contributed by atoms with Crippen molar-refractivity contribution in [3.05, 3.63) is 22.7 Å². The minimum atomic E-state index is -0.928. The Morgan fingerprint density at radius 3 is 2.55 bits per heavy atom. The molecule has 1 N–H and O–H groups in total. The molecule has 154 valence electrons. The van der Waals surface area contributed by atoms with E-state index in [9.17, 15) is 4.55 Å². The van der Waals surface area contributed by atoms with Crippen molar-refractivity contribution in [2.24, 2.45) is 0 Å². The van der Waals surface area contributed by atoms with Gasteiger partial charge in [0.1, 0.15) is 6.26 Å². The molecular weight excluding hydrogens is 435 g/mol. The highest BCUT2D eigenvalue weighted by Crippen LogP contribution is 2.38. The molecule has 0 bridgehead atoms. The highest BCUT2D eigenvalue weighted by molar-refractivity contribution is 7.88. The van der Waals surface area contributed by atoms with Crippen molar-refractivity contribution in [1.82, 2.24) is 33.8 Å². The van der Waals surface area contributed by atoms with Crippen molar-refractivity contribution in [2.75, 3.05) is 24.7 Å². The normalized spacial score (nSPS) is 19.7. The first-order chi connectivity index (χ1) is 14.0. The number of aromatic nitrogens is 6. The van der Waals surface area contributed by atoms with E-state index >= 15 is 0 Å². The number of rotatable bonds is 5. The molecule has 1 aliphatic carbocycles. The first-order valence-corrected chi connectivity index (χ1v) is 11.8. The van der Waals surface area contributed by atoms with Crippen LogP contribution in [-0.4, -0.2) is 57.7 Å². The minimum Gasteiger partial charge on any atom is -0.598 e. The third-order valence-electron chi connectivity index (χ3n) is 5.39. The first kappa shape index (κ1) is 19.4. The fourth-order valence-electron chi connectivity index (χ4n) is 3.65. The molecule has 2 aliphatic rings. The van der Waals surface area contributed by atoms with E-state index in [2.05, 4.69) is 25.5 Å². The van der Waals surface area contributed by atoms with E-state index in [0.29, 0.717) is 28.0 Å². The summed E-state index contributed by atoms with van der Waals surface area (Å²) in [5.41, 5.74) is 1.37. The van der Waals surface area contributed by atoms with Crippen LogP contribution >= 0.6 is 23.2 Å². The van der Waals surface area contributed by atoms with E-state index in [1.807, 2.05) is 19.9 Å². The summed E-state index contributed by atoms with van der Waals surface area (Å²) in [6.45, 7) is 1.55. The molecule has 5 rings (SSSR count). The molecule has 2 fully saturated rings. The van der Waals surface area contributed by atoms with Crippen molar-refractivity contribution in [1.29, 1.82) is 0 Å². The largest absolute Gasteiger partial charge is 0.598 e. The molecule has 1 saturated carbocycles. The first-order valence-electron chi connectivity index (χ1n) is 9.50. The molecule has 1 unspecified atom stereocenters. The topological polar surface area (TPSA) is 99.8 Å². The second kappa shape index (κ2) is 7.59. The molecular formula is C17H20Cl2N8OS. The molecule has 3 aromatic rings. The van der Waals surface area contributed by atoms with Gasteiger partial charge in [-0.25, -0.2) is 9.67 Å². The molecule has 1 saturated heterocycles. The van der Waals surface area contributed by atoms with Crippen LogP contribution in [0.15, 0.2) is 12.4 Å². The summed E-state index contributed by atoms with van der Waals surface area (Å²) in [4.78, 5) is 8.95.